The molecule has 0 aliphatic heterocycles. The average Bonchev–Trinajstić information content (AvgIpc) is 3.25. The highest BCUT2D eigenvalue weighted by molar-refractivity contribution is 6.12. The van der Waals surface area contributed by atoms with Gasteiger partial charge >= 0.3 is 0 Å². The molecule has 0 N–H and O–H groups in total. The number of benzene rings is 5. The zero-order chi connectivity index (χ0) is 39.8. The highest BCUT2D eigenvalue weighted by Gasteiger charge is 2.12. The zero-order valence-corrected chi connectivity index (χ0v) is 32.9. The molecule has 0 unspecified atom stereocenters. The van der Waals surface area contributed by atoms with Gasteiger partial charge in [-0.25, -0.2) is 0 Å². The fourth-order valence-electron chi connectivity index (χ4n) is 6.82. The quantitative estimate of drug-likeness (QED) is 0.0900. The number of hydrogen-bond donors (Lipinski definition) is 0. The van der Waals surface area contributed by atoms with Crippen LogP contribution in [0.1, 0.15) is 52.8 Å². The third-order valence-corrected chi connectivity index (χ3v) is 9.73. The van der Waals surface area contributed by atoms with Crippen LogP contribution in [0.25, 0.3) is 57.8 Å². The molecule has 0 heterocycles. The van der Waals surface area contributed by atoms with Crippen molar-refractivity contribution in [3.05, 3.63) is 240 Å². The summed E-state index contributed by atoms with van der Waals surface area (Å²) in [6, 6.07) is 40.4. The molecule has 1 aliphatic carbocycles. The first kappa shape index (κ1) is 39.5. The lowest BCUT2D eigenvalue weighted by molar-refractivity contribution is 1.19. The van der Waals surface area contributed by atoms with Crippen molar-refractivity contribution in [1.29, 1.82) is 0 Å². The van der Waals surface area contributed by atoms with E-state index < -0.39 is 0 Å². The minimum atomic E-state index is 0.443. The van der Waals surface area contributed by atoms with Crippen molar-refractivity contribution < 1.29 is 0 Å². The van der Waals surface area contributed by atoms with E-state index in [1.165, 1.54) is 16.7 Å². The fourth-order valence-corrected chi connectivity index (χ4v) is 6.82. The Hall–Kier alpha value is -7.16. The highest BCUT2D eigenvalue weighted by Crippen LogP contribution is 2.32. The van der Waals surface area contributed by atoms with E-state index in [9.17, 15) is 0 Å². The molecule has 1 aliphatic rings. The molecule has 0 fully saturated rings. The summed E-state index contributed by atoms with van der Waals surface area (Å²) in [6.45, 7) is 16.5. The molecule has 2 heteroatoms. The minimum absolute atomic E-state index is 0.443. The number of nitrogens with zero attached hydrogens (tertiary/aromatic N) is 2. The van der Waals surface area contributed by atoms with Crippen LogP contribution in [0.15, 0.2) is 211 Å². The van der Waals surface area contributed by atoms with Crippen LogP contribution in [0.3, 0.4) is 0 Å². The van der Waals surface area contributed by atoms with Gasteiger partial charge in [0, 0.05) is 5.56 Å². The molecule has 57 heavy (non-hydrogen) atoms. The van der Waals surface area contributed by atoms with E-state index in [1.54, 1.807) is 0 Å². The lowest BCUT2D eigenvalue weighted by Crippen LogP contribution is -2.02. The molecule has 0 atom stereocenters. The lowest BCUT2D eigenvalue weighted by Gasteiger charge is -2.13. The molecular weight excluding hydrogens is 689 g/mol. The smallest absolute Gasteiger partial charge is 0.0716 e. The Balaban J connectivity index is 1.46. The summed E-state index contributed by atoms with van der Waals surface area (Å²) in [6.07, 6.45) is 30.9. The molecule has 6 rings (SSSR count). The van der Waals surface area contributed by atoms with E-state index in [4.69, 9.17) is 4.99 Å². The number of rotatable bonds is 12. The first-order valence-electron chi connectivity index (χ1n) is 19.2. The van der Waals surface area contributed by atoms with Crippen molar-refractivity contribution in [2.24, 2.45) is 9.98 Å². The number of aliphatic imine (C=N–C) groups is 2. The summed E-state index contributed by atoms with van der Waals surface area (Å²) in [5.74, 6) is 0. The molecule has 5 aromatic rings. The van der Waals surface area contributed by atoms with Gasteiger partial charge in [0.25, 0.3) is 0 Å². The molecule has 278 valence electrons. The largest absolute Gasteiger partial charge is 0.280 e. The summed E-state index contributed by atoms with van der Waals surface area (Å²) in [7, 11) is 0. The topological polar surface area (TPSA) is 24.7 Å². The zero-order valence-electron chi connectivity index (χ0n) is 32.9. The molecule has 0 saturated carbocycles. The van der Waals surface area contributed by atoms with Crippen molar-refractivity contribution in [1.82, 2.24) is 0 Å². The van der Waals surface area contributed by atoms with Gasteiger partial charge in [0.15, 0.2) is 0 Å². The lowest BCUT2D eigenvalue weighted by atomic mass is 9.93. The van der Waals surface area contributed by atoms with E-state index >= 15 is 0 Å². The summed E-state index contributed by atoms with van der Waals surface area (Å²) in [5.41, 5.74) is 15.8. The van der Waals surface area contributed by atoms with Crippen molar-refractivity contribution in [2.45, 2.75) is 13.8 Å². The second-order valence-corrected chi connectivity index (χ2v) is 13.4. The molecule has 0 aromatic heterocycles. The van der Waals surface area contributed by atoms with Gasteiger partial charge < -0.3 is 0 Å². The monoisotopic (exact) mass is 736 g/mol. The number of hydrogen-bond acceptors (Lipinski definition) is 2. The Labute approximate surface area is 339 Å². The summed E-state index contributed by atoms with van der Waals surface area (Å²) >= 11 is 0. The van der Waals surface area contributed by atoms with E-state index in [0.29, 0.717) is 6.54 Å². The molecule has 0 spiro atoms. The van der Waals surface area contributed by atoms with Crippen LogP contribution >= 0.6 is 0 Å². The third kappa shape index (κ3) is 9.94. The first-order valence-corrected chi connectivity index (χ1v) is 19.2. The van der Waals surface area contributed by atoms with Gasteiger partial charge in [0.05, 0.1) is 18.0 Å². The van der Waals surface area contributed by atoms with Crippen LogP contribution in [0.2, 0.25) is 0 Å². The first-order chi connectivity index (χ1) is 28.1. The van der Waals surface area contributed by atoms with E-state index in [1.807, 2.05) is 44.2 Å². The van der Waals surface area contributed by atoms with Crippen molar-refractivity contribution in [3.63, 3.8) is 0 Å². The maximum Gasteiger partial charge on any atom is 0.0716 e. The normalized spacial score (nSPS) is 16.0. The van der Waals surface area contributed by atoms with Gasteiger partial charge in [0.1, 0.15) is 0 Å². The van der Waals surface area contributed by atoms with Crippen LogP contribution in [0, 0.1) is 0 Å². The predicted octanol–water partition coefficient (Wildman–Crippen LogP) is 14.6. The standard InChI is InChI=1S/C55H48N2/c1-6-10-22-42(8-3)44-30-34-47(35-31-44)54(56-5)39-55(48-36-32-46(33-37-48)52-29-19-26-43(9-4)50(52)20-7-2)57-40-41-21-13-11-12-14-23-45-24-15-17-27-51(45)53-28-18-16-25-49(53)38-41/h6-39H,3-5,40H2,1-2H3/b10-6-,12-11+,13-11?,14-12?,20-7-,21-13-,23-14+,41-21?,41-38+,42-22+,45-23?,49-38?,53-51?,54-39-,57-55?. The second kappa shape index (κ2) is 20.0. The van der Waals surface area contributed by atoms with Gasteiger partial charge in [-0.3, -0.25) is 9.98 Å². The molecule has 2 nitrogen and oxygen atoms in total. The fraction of sp³-hybridized carbons (Fsp3) is 0.0545. The molecule has 0 amide bonds. The third-order valence-electron chi connectivity index (χ3n) is 9.73. The van der Waals surface area contributed by atoms with Crippen molar-refractivity contribution in [2.75, 3.05) is 6.54 Å². The number of allylic oxidation sites excluding steroid dienone is 11. The van der Waals surface area contributed by atoms with Crippen LogP contribution < -0.4 is 0 Å². The van der Waals surface area contributed by atoms with Crippen LogP contribution in [0.4, 0.5) is 0 Å². The molecule has 0 radical (unpaired) electrons. The van der Waals surface area contributed by atoms with Gasteiger partial charge in [-0.05, 0) is 99.5 Å². The van der Waals surface area contributed by atoms with Gasteiger partial charge in [-0.2, -0.15) is 0 Å². The number of fused-ring (bicyclic) bond motifs is 3. The maximum atomic E-state index is 5.33. The van der Waals surface area contributed by atoms with Crippen molar-refractivity contribution >= 4 is 48.0 Å². The van der Waals surface area contributed by atoms with Crippen LogP contribution in [-0.2, 0) is 0 Å². The highest BCUT2D eigenvalue weighted by atomic mass is 14.8. The Morgan fingerprint density at radius 1 is 0.632 bits per heavy atom. The Morgan fingerprint density at radius 3 is 1.96 bits per heavy atom. The molecular formula is C55H48N2. The maximum absolute atomic E-state index is 5.33. The Bertz CT molecular complexity index is 2520. The van der Waals surface area contributed by atoms with Crippen LogP contribution in [-0.4, -0.2) is 19.0 Å². The van der Waals surface area contributed by atoms with E-state index in [0.717, 1.165) is 67.1 Å². The SMILES string of the molecule is C=C/C(=C\C=C/C)c1ccc(/C(=C/C(=NCC2=C/c3ccccc3-c3ccccc3/C=C/C=C/C=C\2)c2ccc(-c3cccc(C=C)c3/C=C\C)cc2)N=C)cc1. The minimum Gasteiger partial charge on any atom is -0.280 e. The summed E-state index contributed by atoms with van der Waals surface area (Å²) < 4.78 is 0. The molecule has 0 bridgehead atoms. The average molecular weight is 737 g/mol. The summed E-state index contributed by atoms with van der Waals surface area (Å²) in [5, 5.41) is 0. The second-order valence-electron chi connectivity index (χ2n) is 13.4. The van der Waals surface area contributed by atoms with Crippen LogP contribution in [0.5, 0.6) is 0 Å². The van der Waals surface area contributed by atoms with Crippen molar-refractivity contribution in [3.8, 4) is 22.3 Å². The van der Waals surface area contributed by atoms with Gasteiger partial charge in [-0.15, -0.1) is 0 Å². The Kier molecular flexibility index (Phi) is 13.8. The molecule has 0 saturated heterocycles. The Morgan fingerprint density at radius 2 is 1.28 bits per heavy atom. The van der Waals surface area contributed by atoms with Gasteiger partial charge in [-0.1, -0.05) is 207 Å². The summed E-state index contributed by atoms with van der Waals surface area (Å²) in [4.78, 5) is 9.85. The van der Waals surface area contributed by atoms with E-state index in [-0.39, 0.29) is 0 Å². The van der Waals surface area contributed by atoms with E-state index in [2.05, 4.69) is 201 Å². The molecule has 5 aromatic carbocycles. The van der Waals surface area contributed by atoms with Gasteiger partial charge in [0.2, 0.25) is 0 Å². The predicted molar refractivity (Wildman–Crippen MR) is 252 cm³/mol.